The molecule has 21 heteroatoms. The average Bonchev–Trinajstić information content (AvgIpc) is 3.46. The number of hydrogen-bond donors (Lipinski definition) is 4. The predicted octanol–water partition coefficient (Wildman–Crippen LogP) is 9.69. The zero-order valence-corrected chi connectivity index (χ0v) is 44.6. The number of carbonyl (C=O) groups is 4. The van der Waals surface area contributed by atoms with Crippen molar-refractivity contribution in [1.82, 2.24) is 4.48 Å². The number of carboxylic acids is 4. The topological polar surface area (TPSA) is 228 Å². The fourth-order valence-electron chi connectivity index (χ4n) is 9.31. The summed E-state index contributed by atoms with van der Waals surface area (Å²) in [5.74, 6) is -3.19. The quantitative estimate of drug-likeness (QED) is 0.0292. The number of ether oxygens (including phenoxy) is 6. The van der Waals surface area contributed by atoms with Gasteiger partial charge in [0.2, 0.25) is 0 Å². The van der Waals surface area contributed by atoms with E-state index in [1.807, 2.05) is 30.3 Å². The second-order valence-corrected chi connectivity index (χ2v) is 18.3. The van der Waals surface area contributed by atoms with Gasteiger partial charge in [-0.05, 0) is 144 Å². The Morgan fingerprint density at radius 1 is 0.531 bits per heavy atom. The zero-order valence-electron chi connectivity index (χ0n) is 44.6. The van der Waals surface area contributed by atoms with Crippen molar-refractivity contribution in [3.05, 3.63) is 179 Å². The minimum absolute atomic E-state index is 0.00320. The highest BCUT2D eigenvalue weighted by atomic mass is 19.2. The number of anilines is 2. The molecule has 1 aromatic heterocycles. The Balaban J connectivity index is 1.42. The van der Waals surface area contributed by atoms with E-state index in [-0.39, 0.29) is 64.3 Å². The molecule has 0 spiro atoms. The van der Waals surface area contributed by atoms with Crippen molar-refractivity contribution in [2.75, 3.05) is 77.6 Å². The molecule has 8 rings (SSSR count). The lowest BCUT2D eigenvalue weighted by Gasteiger charge is -2.26. The van der Waals surface area contributed by atoms with Crippen LogP contribution in [0.25, 0.3) is 33.5 Å². The molecule has 2 heterocycles. The van der Waals surface area contributed by atoms with Crippen LogP contribution in [0.2, 0.25) is 0 Å². The Hall–Kier alpha value is -10.0. The number of aliphatic imine (C=N–C) groups is 1. The molecule has 0 radical (unpaired) electrons. The minimum Gasteiger partial charge on any atom is -0.497 e. The lowest BCUT2D eigenvalue weighted by atomic mass is 9.89. The number of hydrogen-bond acceptors (Lipinski definition) is 13. The monoisotopic (exact) mass is 1100 g/mol. The molecule has 4 N–H and O–H groups in total. The molecule has 81 heavy (non-hydrogen) atoms. The standard InChI is InChI=1S/C60H55BF2N4O14/c1-36-6-24-49(65(32-54(68)69)33-55(70)71)52(28-36)80-26-27-81-53-29-41(15-25-50(53)66(34-56(72)73)35-57(74)75)58(59-46(37-7-16-42(76-2)17-8-37)30-48(64-59)39-11-20-44(78-4)21-12-39)60-47(38-9-18-43(77-3)19-10-38)31-51(67(60)61(62)63)40-13-22-45(79-5)23-14-40/h6-25,28-31H,26-27,32-35H2,1-5H3,(H,68,69)(H,70,71)(H,72,73)(H,74,75)/b59-58+. The minimum atomic E-state index is -3.21. The van der Waals surface area contributed by atoms with Gasteiger partial charge in [-0.15, -0.1) is 0 Å². The Morgan fingerprint density at radius 2 is 0.951 bits per heavy atom. The van der Waals surface area contributed by atoms with Crippen molar-refractivity contribution in [2.24, 2.45) is 4.99 Å². The van der Waals surface area contributed by atoms with Crippen LogP contribution in [0, 0.1) is 6.92 Å². The van der Waals surface area contributed by atoms with Crippen LogP contribution in [-0.4, -0.2) is 130 Å². The van der Waals surface area contributed by atoms with Crippen molar-refractivity contribution in [2.45, 2.75) is 6.92 Å². The maximum absolute atomic E-state index is 16.7. The summed E-state index contributed by atoms with van der Waals surface area (Å²) in [5, 5.41) is 39.6. The van der Waals surface area contributed by atoms with Gasteiger partial charge in [-0.1, -0.05) is 36.4 Å². The normalized spacial score (nSPS) is 12.4. The van der Waals surface area contributed by atoms with Crippen molar-refractivity contribution in [3.8, 4) is 56.9 Å². The molecule has 6 aromatic carbocycles. The van der Waals surface area contributed by atoms with Crippen molar-refractivity contribution in [1.29, 1.82) is 0 Å². The molecule has 0 unspecified atom stereocenters. The van der Waals surface area contributed by atoms with Crippen molar-refractivity contribution < 1.29 is 76.7 Å². The summed E-state index contributed by atoms with van der Waals surface area (Å²) < 4.78 is 68.9. The van der Waals surface area contributed by atoms with Gasteiger partial charge < -0.3 is 63.1 Å². The fraction of sp³-hybridized carbons (Fsp3) is 0.183. The summed E-state index contributed by atoms with van der Waals surface area (Å²) in [6.45, 7) is -1.80. The number of aromatic nitrogens is 1. The number of methoxy groups -OCH3 is 4. The number of nitrogens with zero attached hydrogens (tertiary/aromatic N) is 4. The molecule has 1 aliphatic heterocycles. The second kappa shape index (κ2) is 25.6. The van der Waals surface area contributed by atoms with Crippen LogP contribution in [0.3, 0.4) is 0 Å². The Labute approximate surface area is 464 Å². The summed E-state index contributed by atoms with van der Waals surface area (Å²) >= 11 is 0. The van der Waals surface area contributed by atoms with Gasteiger partial charge in [-0.3, -0.25) is 27.8 Å². The van der Waals surface area contributed by atoms with Crippen LogP contribution in [-0.2, 0) is 19.2 Å². The summed E-state index contributed by atoms with van der Waals surface area (Å²) in [5.41, 5.74) is 4.99. The number of rotatable bonds is 26. The van der Waals surface area contributed by atoms with Crippen LogP contribution in [0.4, 0.5) is 20.0 Å². The third-order valence-electron chi connectivity index (χ3n) is 13.0. The highest BCUT2D eigenvalue weighted by Crippen LogP contribution is 2.47. The van der Waals surface area contributed by atoms with E-state index in [0.717, 1.165) is 14.3 Å². The lowest BCUT2D eigenvalue weighted by Crippen LogP contribution is -2.35. The van der Waals surface area contributed by atoms with E-state index in [1.165, 1.54) is 46.6 Å². The van der Waals surface area contributed by atoms with Gasteiger partial charge in [-0.2, -0.15) is 0 Å². The second-order valence-electron chi connectivity index (χ2n) is 18.3. The number of halogens is 2. The molecule has 7 aromatic rings. The molecular weight excluding hydrogens is 1050 g/mol. The molecule has 0 atom stereocenters. The molecular formula is C60H55BF2N4O14. The van der Waals surface area contributed by atoms with Gasteiger partial charge in [0, 0.05) is 28.0 Å². The van der Waals surface area contributed by atoms with E-state index < -0.39 is 57.5 Å². The van der Waals surface area contributed by atoms with Gasteiger partial charge in [-0.25, -0.2) is 4.99 Å². The SMILES string of the molecule is COc1ccc(C2=CC(c3ccc(OC)cc3)=N/C2=C(\c2ccc(N(CC(=O)O)CC(=O)O)c(OCCOc3cc(C)ccc3N(CC(=O)O)CC(=O)O)c2)c2c(-c3ccc(OC)cc3)cc(-c3ccc(OC)cc3)n2B(F)F)cc1. The van der Waals surface area contributed by atoms with Crippen LogP contribution in [0.1, 0.15) is 27.9 Å². The van der Waals surface area contributed by atoms with Crippen LogP contribution in [0.15, 0.2) is 156 Å². The largest absolute Gasteiger partial charge is 0.678 e. The summed E-state index contributed by atoms with van der Waals surface area (Å²) in [4.78, 5) is 56.1. The first kappa shape index (κ1) is 57.1. The van der Waals surface area contributed by atoms with E-state index in [0.29, 0.717) is 67.7 Å². The molecule has 0 saturated heterocycles. The van der Waals surface area contributed by atoms with E-state index in [1.54, 1.807) is 104 Å². The lowest BCUT2D eigenvalue weighted by molar-refractivity contribution is -0.138. The van der Waals surface area contributed by atoms with Gasteiger partial charge >= 0.3 is 31.3 Å². The third kappa shape index (κ3) is 13.5. The number of aryl methyl sites for hydroxylation is 1. The van der Waals surface area contributed by atoms with Gasteiger partial charge in [0.05, 0.1) is 56.9 Å². The molecule has 0 fully saturated rings. The molecule has 18 nitrogen and oxygen atoms in total. The molecule has 0 saturated carbocycles. The maximum Gasteiger partial charge on any atom is 0.678 e. The maximum atomic E-state index is 16.7. The summed E-state index contributed by atoms with van der Waals surface area (Å²) in [6, 6.07) is 38.7. The number of benzene rings is 6. The predicted molar refractivity (Wildman–Crippen MR) is 302 cm³/mol. The van der Waals surface area contributed by atoms with E-state index >= 15 is 8.63 Å². The summed E-state index contributed by atoms with van der Waals surface area (Å²) in [6.07, 6.45) is 1.84. The van der Waals surface area contributed by atoms with Gasteiger partial charge in [0.1, 0.15) is 73.9 Å². The first-order chi connectivity index (χ1) is 39.0. The van der Waals surface area contributed by atoms with Gasteiger partial charge in [0.25, 0.3) is 0 Å². The summed E-state index contributed by atoms with van der Waals surface area (Å²) in [7, 11) is 2.86. The van der Waals surface area contributed by atoms with Crippen LogP contribution >= 0.6 is 0 Å². The zero-order chi connectivity index (χ0) is 57.9. The molecule has 0 aliphatic carbocycles. The first-order valence-corrected chi connectivity index (χ1v) is 25.0. The number of carboxylic acid groups (broad SMARTS) is 4. The third-order valence-corrected chi connectivity index (χ3v) is 13.0. The highest BCUT2D eigenvalue weighted by Gasteiger charge is 2.35. The van der Waals surface area contributed by atoms with Crippen molar-refractivity contribution >= 4 is 59.5 Å². The van der Waals surface area contributed by atoms with Crippen LogP contribution in [0.5, 0.6) is 34.5 Å². The average molecular weight is 1100 g/mol. The molecule has 0 amide bonds. The highest BCUT2D eigenvalue weighted by molar-refractivity contribution is 6.42. The smallest absolute Gasteiger partial charge is 0.497 e. The van der Waals surface area contributed by atoms with E-state index in [4.69, 9.17) is 33.4 Å². The Kier molecular flexibility index (Phi) is 18.1. The first-order valence-electron chi connectivity index (χ1n) is 25.0. The van der Waals surface area contributed by atoms with E-state index in [9.17, 15) is 39.6 Å². The fourth-order valence-corrected chi connectivity index (χ4v) is 9.31. The van der Waals surface area contributed by atoms with E-state index in [2.05, 4.69) is 0 Å². The Morgan fingerprint density at radius 3 is 1.40 bits per heavy atom. The molecule has 1 aliphatic rings. The molecule has 0 bridgehead atoms. The number of aliphatic carboxylic acids is 4. The molecule has 416 valence electrons. The van der Waals surface area contributed by atoms with Crippen LogP contribution < -0.4 is 38.2 Å². The van der Waals surface area contributed by atoms with Gasteiger partial charge in [0.15, 0.2) is 0 Å². The Bertz CT molecular complexity index is 3520. The van der Waals surface area contributed by atoms with Crippen molar-refractivity contribution in [3.63, 3.8) is 0 Å². The number of allylic oxidation sites excluding steroid dienone is 2.